The van der Waals surface area contributed by atoms with Gasteiger partial charge in [0.1, 0.15) is 6.10 Å². The van der Waals surface area contributed by atoms with Gasteiger partial charge in [-0.2, -0.15) is 0 Å². The Morgan fingerprint density at radius 1 is 1.10 bits per heavy atom. The van der Waals surface area contributed by atoms with Gasteiger partial charge in [0, 0.05) is 27.7 Å². The fraction of sp³-hybridized carbons (Fsp3) is 0.143. The van der Waals surface area contributed by atoms with E-state index >= 15 is 0 Å². The lowest BCUT2D eigenvalue weighted by Crippen LogP contribution is -2.07. The summed E-state index contributed by atoms with van der Waals surface area (Å²) in [5.41, 5.74) is 12.2. The van der Waals surface area contributed by atoms with Crippen molar-refractivity contribution in [3.05, 3.63) is 51.8 Å². The van der Waals surface area contributed by atoms with Crippen LogP contribution in [0.15, 0.2) is 30.3 Å². The van der Waals surface area contributed by atoms with Gasteiger partial charge in [0.2, 0.25) is 0 Å². The summed E-state index contributed by atoms with van der Waals surface area (Å²) in [5.74, 6) is -0.591. The zero-order valence-electron chi connectivity index (χ0n) is 10.7. The summed E-state index contributed by atoms with van der Waals surface area (Å²) in [6.07, 6.45) is -0.534. The third-order valence-corrected chi connectivity index (χ3v) is 3.51. The normalized spacial score (nSPS) is 12.2. The summed E-state index contributed by atoms with van der Waals surface area (Å²) in [6, 6.07) is 7.56. The summed E-state index contributed by atoms with van der Waals surface area (Å²) in [6.45, 7) is 1.72. The van der Waals surface area contributed by atoms with Gasteiger partial charge in [-0.05, 0) is 19.1 Å². The monoisotopic (exact) mass is 314 g/mol. The van der Waals surface area contributed by atoms with Gasteiger partial charge in [-0.1, -0.05) is 29.3 Å². The van der Waals surface area contributed by atoms with Gasteiger partial charge >= 0.3 is 0 Å². The molecule has 2 rings (SSSR count). The number of benzene rings is 2. The van der Waals surface area contributed by atoms with Crippen LogP contribution in [-0.2, 0) is 0 Å². The third-order valence-electron chi connectivity index (χ3n) is 2.85. The fourth-order valence-corrected chi connectivity index (χ4v) is 2.53. The Hall–Kier alpha value is -1.65. The second kappa shape index (κ2) is 5.77. The molecule has 4 N–H and O–H groups in total. The molecule has 2 aromatic carbocycles. The molecule has 0 saturated carbocycles. The first kappa shape index (κ1) is 14.8. The van der Waals surface area contributed by atoms with Crippen LogP contribution < -0.4 is 16.2 Å². The Morgan fingerprint density at radius 3 is 2.25 bits per heavy atom. The summed E-state index contributed by atoms with van der Waals surface area (Å²) in [5, 5.41) is 0.905. The van der Waals surface area contributed by atoms with E-state index < -0.39 is 11.9 Å². The summed E-state index contributed by atoms with van der Waals surface area (Å²) in [4.78, 5) is 0. The first-order valence-electron chi connectivity index (χ1n) is 5.85. The molecule has 0 aliphatic carbocycles. The molecule has 0 radical (unpaired) electrons. The SMILES string of the molecule is CC(Oc1cc(N)c(N)cc1F)c1c(Cl)cccc1Cl. The van der Waals surface area contributed by atoms with Gasteiger partial charge in [-0.3, -0.25) is 0 Å². The van der Waals surface area contributed by atoms with Crippen LogP contribution in [0.1, 0.15) is 18.6 Å². The highest BCUT2D eigenvalue weighted by Gasteiger charge is 2.17. The first-order chi connectivity index (χ1) is 9.40. The van der Waals surface area contributed by atoms with Crippen LogP contribution >= 0.6 is 23.2 Å². The zero-order chi connectivity index (χ0) is 14.9. The molecule has 0 amide bonds. The van der Waals surface area contributed by atoms with Crippen LogP contribution in [0.2, 0.25) is 10.0 Å². The predicted octanol–water partition coefficient (Wildman–Crippen LogP) is 4.44. The van der Waals surface area contributed by atoms with Gasteiger partial charge in [-0.25, -0.2) is 4.39 Å². The molecule has 6 heteroatoms. The lowest BCUT2D eigenvalue weighted by Gasteiger charge is -2.18. The summed E-state index contributed by atoms with van der Waals surface area (Å²) < 4.78 is 19.3. The Kier molecular flexibility index (Phi) is 4.26. The average Bonchev–Trinajstić information content (AvgIpc) is 2.35. The van der Waals surface area contributed by atoms with Crippen LogP contribution in [0.3, 0.4) is 0 Å². The van der Waals surface area contributed by atoms with Crippen LogP contribution in [0.4, 0.5) is 15.8 Å². The summed E-state index contributed by atoms with van der Waals surface area (Å²) in [7, 11) is 0. The van der Waals surface area contributed by atoms with E-state index in [9.17, 15) is 4.39 Å². The number of nitrogens with two attached hydrogens (primary N) is 2. The van der Waals surface area contributed by atoms with E-state index in [0.717, 1.165) is 6.07 Å². The lowest BCUT2D eigenvalue weighted by atomic mass is 10.1. The molecule has 2 aromatic rings. The second-order valence-electron chi connectivity index (χ2n) is 4.31. The molecular formula is C14H13Cl2FN2O. The van der Waals surface area contributed by atoms with Crippen LogP contribution in [-0.4, -0.2) is 0 Å². The number of anilines is 2. The molecule has 3 nitrogen and oxygen atoms in total. The molecule has 0 aliphatic heterocycles. The molecule has 0 aromatic heterocycles. The molecule has 0 spiro atoms. The van der Waals surface area contributed by atoms with Crippen LogP contribution in [0.5, 0.6) is 5.75 Å². The van der Waals surface area contributed by atoms with Gasteiger partial charge in [0.25, 0.3) is 0 Å². The van der Waals surface area contributed by atoms with Crippen molar-refractivity contribution in [2.75, 3.05) is 11.5 Å². The molecule has 1 atom stereocenters. The minimum Gasteiger partial charge on any atom is -0.483 e. The van der Waals surface area contributed by atoms with E-state index in [4.69, 9.17) is 39.4 Å². The van der Waals surface area contributed by atoms with Crippen molar-refractivity contribution in [1.82, 2.24) is 0 Å². The third kappa shape index (κ3) is 2.92. The Labute approximate surface area is 126 Å². The Bertz CT molecular complexity index is 629. The van der Waals surface area contributed by atoms with Crippen molar-refractivity contribution >= 4 is 34.6 Å². The largest absolute Gasteiger partial charge is 0.483 e. The van der Waals surface area contributed by atoms with E-state index in [2.05, 4.69) is 0 Å². The molecule has 0 fully saturated rings. The quantitative estimate of drug-likeness (QED) is 0.823. The predicted molar refractivity (Wildman–Crippen MR) is 80.7 cm³/mol. The average molecular weight is 315 g/mol. The lowest BCUT2D eigenvalue weighted by molar-refractivity contribution is 0.217. The van der Waals surface area contributed by atoms with Gasteiger partial charge in [0.05, 0.1) is 11.4 Å². The van der Waals surface area contributed by atoms with Crippen molar-refractivity contribution in [2.24, 2.45) is 0 Å². The standard InChI is InChI=1S/C14H13Cl2FN2O/c1-7(14-8(15)3-2-4-9(14)16)20-13-6-12(19)11(18)5-10(13)17/h2-7H,18-19H2,1H3. The first-order valence-corrected chi connectivity index (χ1v) is 6.60. The second-order valence-corrected chi connectivity index (χ2v) is 5.12. The Balaban J connectivity index is 2.33. The van der Waals surface area contributed by atoms with Crippen LogP contribution in [0.25, 0.3) is 0 Å². The maximum Gasteiger partial charge on any atom is 0.167 e. The smallest absolute Gasteiger partial charge is 0.167 e. The molecule has 0 aliphatic rings. The minimum atomic E-state index is -0.591. The number of rotatable bonds is 3. The van der Waals surface area contributed by atoms with Gasteiger partial charge in [-0.15, -0.1) is 0 Å². The molecule has 0 bridgehead atoms. The molecule has 20 heavy (non-hydrogen) atoms. The zero-order valence-corrected chi connectivity index (χ0v) is 12.2. The van der Waals surface area contributed by atoms with Crippen molar-refractivity contribution < 1.29 is 9.13 Å². The topological polar surface area (TPSA) is 61.3 Å². The molecule has 106 valence electrons. The van der Waals surface area contributed by atoms with Gasteiger partial charge in [0.15, 0.2) is 11.6 Å². The molecule has 0 saturated heterocycles. The summed E-state index contributed by atoms with van der Waals surface area (Å²) >= 11 is 12.2. The van der Waals surface area contributed by atoms with E-state index in [1.54, 1.807) is 25.1 Å². The van der Waals surface area contributed by atoms with E-state index in [-0.39, 0.29) is 17.1 Å². The van der Waals surface area contributed by atoms with Gasteiger partial charge < -0.3 is 16.2 Å². The number of hydrogen-bond donors (Lipinski definition) is 2. The highest BCUT2D eigenvalue weighted by atomic mass is 35.5. The van der Waals surface area contributed by atoms with Crippen molar-refractivity contribution in [1.29, 1.82) is 0 Å². The minimum absolute atomic E-state index is 0.000173. The fourth-order valence-electron chi connectivity index (χ4n) is 1.82. The van der Waals surface area contributed by atoms with E-state index in [1.165, 1.54) is 6.07 Å². The van der Waals surface area contributed by atoms with Crippen molar-refractivity contribution in [3.63, 3.8) is 0 Å². The number of hydrogen-bond acceptors (Lipinski definition) is 3. The molecule has 0 heterocycles. The Morgan fingerprint density at radius 2 is 1.65 bits per heavy atom. The van der Waals surface area contributed by atoms with Crippen molar-refractivity contribution in [3.8, 4) is 5.75 Å². The number of nitrogen functional groups attached to an aromatic ring is 2. The molecular weight excluding hydrogens is 302 g/mol. The number of ether oxygens (including phenoxy) is 1. The highest BCUT2D eigenvalue weighted by molar-refractivity contribution is 6.36. The maximum absolute atomic E-state index is 13.8. The van der Waals surface area contributed by atoms with Crippen LogP contribution in [0, 0.1) is 5.82 Å². The van der Waals surface area contributed by atoms with E-state index in [1.807, 2.05) is 0 Å². The highest BCUT2D eigenvalue weighted by Crippen LogP contribution is 2.35. The maximum atomic E-state index is 13.8. The molecule has 1 unspecified atom stereocenters. The van der Waals surface area contributed by atoms with E-state index in [0.29, 0.717) is 15.6 Å². The van der Waals surface area contributed by atoms with Crippen molar-refractivity contribution in [2.45, 2.75) is 13.0 Å². The number of halogens is 3.